The third-order valence-corrected chi connectivity index (χ3v) is 4.26. The minimum atomic E-state index is -0.157. The lowest BCUT2D eigenvalue weighted by molar-refractivity contribution is 0.0824. The van der Waals surface area contributed by atoms with Crippen molar-refractivity contribution in [3.05, 3.63) is 23.0 Å². The number of nitrogens with one attached hydrogen (secondary N) is 1. The van der Waals surface area contributed by atoms with Crippen molar-refractivity contribution in [2.45, 2.75) is 52.5 Å². The lowest BCUT2D eigenvalue weighted by Crippen LogP contribution is -2.46. The predicted octanol–water partition coefficient (Wildman–Crippen LogP) is 3.46. The van der Waals surface area contributed by atoms with E-state index in [4.69, 9.17) is 11.6 Å². The maximum absolute atomic E-state index is 12.2. The normalized spacial score (nSPS) is 23.4. The Hall–Kier alpha value is -1.16. The third-order valence-electron chi connectivity index (χ3n) is 4.06. The number of nitrogens with zero attached hydrogens (tertiary/aromatic N) is 2. The van der Waals surface area contributed by atoms with Crippen LogP contribution < -0.4 is 5.32 Å². The molecule has 5 heteroatoms. The molecule has 2 atom stereocenters. The van der Waals surface area contributed by atoms with Gasteiger partial charge in [-0.1, -0.05) is 45.2 Å². The van der Waals surface area contributed by atoms with Crippen molar-refractivity contribution in [1.82, 2.24) is 15.5 Å². The van der Waals surface area contributed by atoms with Gasteiger partial charge in [-0.2, -0.15) is 0 Å². The molecule has 0 aromatic carbocycles. The molecule has 2 rings (SSSR count). The molecule has 1 aliphatic carbocycles. The van der Waals surface area contributed by atoms with Crippen molar-refractivity contribution in [3.63, 3.8) is 0 Å². The summed E-state index contributed by atoms with van der Waals surface area (Å²) in [4.78, 5) is 12.2. The average Bonchev–Trinajstić information content (AvgIpc) is 2.38. The highest BCUT2D eigenvalue weighted by molar-refractivity contribution is 6.29. The SMILES string of the molecule is CC(C)(C)C1CCCCC1NC(=O)c1ccc(Cl)nn1. The average molecular weight is 296 g/mol. The zero-order valence-corrected chi connectivity index (χ0v) is 13.1. The standard InChI is InChI=1S/C15H22ClN3O/c1-15(2,3)10-6-4-5-7-11(10)17-14(20)12-8-9-13(16)19-18-12/h8-11H,4-7H2,1-3H3,(H,17,20). The molecule has 0 spiro atoms. The van der Waals surface area contributed by atoms with Gasteiger partial charge in [0.15, 0.2) is 10.8 Å². The fourth-order valence-electron chi connectivity index (χ4n) is 3.02. The smallest absolute Gasteiger partial charge is 0.272 e. The molecule has 1 heterocycles. The summed E-state index contributed by atoms with van der Waals surface area (Å²) in [6.07, 6.45) is 4.62. The molecule has 1 amide bonds. The van der Waals surface area contributed by atoms with Gasteiger partial charge in [-0.25, -0.2) is 0 Å². The van der Waals surface area contributed by atoms with Crippen molar-refractivity contribution >= 4 is 17.5 Å². The van der Waals surface area contributed by atoms with Crippen LogP contribution in [0.5, 0.6) is 0 Å². The number of amides is 1. The van der Waals surface area contributed by atoms with Crippen molar-refractivity contribution in [3.8, 4) is 0 Å². The van der Waals surface area contributed by atoms with Crippen LogP contribution in [0.1, 0.15) is 56.9 Å². The molecule has 0 aliphatic heterocycles. The first-order valence-electron chi connectivity index (χ1n) is 7.18. The number of carbonyl (C=O) groups excluding carboxylic acids is 1. The fraction of sp³-hybridized carbons (Fsp3) is 0.667. The predicted molar refractivity (Wildman–Crippen MR) is 79.7 cm³/mol. The van der Waals surface area contributed by atoms with Crippen LogP contribution in [-0.4, -0.2) is 22.1 Å². The molecular weight excluding hydrogens is 274 g/mol. The van der Waals surface area contributed by atoms with Crippen LogP contribution in [0.3, 0.4) is 0 Å². The van der Waals surface area contributed by atoms with Crippen LogP contribution in [0, 0.1) is 11.3 Å². The molecule has 1 N–H and O–H groups in total. The fourth-order valence-corrected chi connectivity index (χ4v) is 3.12. The highest BCUT2D eigenvalue weighted by Gasteiger charge is 2.35. The van der Waals surface area contributed by atoms with Crippen molar-refractivity contribution < 1.29 is 4.79 Å². The first-order chi connectivity index (χ1) is 9.38. The van der Waals surface area contributed by atoms with Crippen molar-refractivity contribution in [2.75, 3.05) is 0 Å². The Morgan fingerprint density at radius 2 is 1.95 bits per heavy atom. The maximum Gasteiger partial charge on any atom is 0.272 e. The Kier molecular flexibility index (Phi) is 4.63. The van der Waals surface area contributed by atoms with E-state index in [-0.39, 0.29) is 17.4 Å². The van der Waals surface area contributed by atoms with Crippen LogP contribution in [-0.2, 0) is 0 Å². The number of rotatable bonds is 2. The van der Waals surface area contributed by atoms with E-state index in [2.05, 4.69) is 36.3 Å². The van der Waals surface area contributed by atoms with Gasteiger partial charge in [0.25, 0.3) is 5.91 Å². The molecule has 0 saturated heterocycles. The Bertz CT molecular complexity index is 467. The zero-order valence-electron chi connectivity index (χ0n) is 12.3. The van der Waals surface area contributed by atoms with Gasteiger partial charge in [-0.15, -0.1) is 10.2 Å². The summed E-state index contributed by atoms with van der Waals surface area (Å²) in [6.45, 7) is 6.72. The quantitative estimate of drug-likeness (QED) is 0.909. The van der Waals surface area contributed by atoms with Crippen LogP contribution in [0.4, 0.5) is 0 Å². The molecule has 1 fully saturated rings. The zero-order chi connectivity index (χ0) is 14.8. The highest BCUT2D eigenvalue weighted by atomic mass is 35.5. The highest BCUT2D eigenvalue weighted by Crippen LogP contribution is 2.38. The molecule has 1 saturated carbocycles. The second-order valence-electron chi connectivity index (χ2n) is 6.58. The molecule has 2 unspecified atom stereocenters. The Morgan fingerprint density at radius 1 is 1.25 bits per heavy atom. The Morgan fingerprint density at radius 3 is 2.55 bits per heavy atom. The second-order valence-corrected chi connectivity index (χ2v) is 6.97. The summed E-state index contributed by atoms with van der Waals surface area (Å²) in [5.41, 5.74) is 0.525. The molecule has 0 radical (unpaired) electrons. The van der Waals surface area contributed by atoms with E-state index < -0.39 is 0 Å². The summed E-state index contributed by atoms with van der Waals surface area (Å²) in [5.74, 6) is 0.343. The van der Waals surface area contributed by atoms with Gasteiger partial charge in [-0.3, -0.25) is 4.79 Å². The lowest BCUT2D eigenvalue weighted by atomic mass is 9.69. The first kappa shape index (κ1) is 15.2. The van der Waals surface area contributed by atoms with Gasteiger partial charge in [-0.05, 0) is 36.3 Å². The van der Waals surface area contributed by atoms with E-state index >= 15 is 0 Å². The van der Waals surface area contributed by atoms with E-state index in [0.29, 0.717) is 16.8 Å². The minimum absolute atomic E-state index is 0.157. The van der Waals surface area contributed by atoms with Gasteiger partial charge < -0.3 is 5.32 Å². The summed E-state index contributed by atoms with van der Waals surface area (Å²) < 4.78 is 0. The molecule has 0 bridgehead atoms. The van der Waals surface area contributed by atoms with Gasteiger partial charge in [0.1, 0.15) is 0 Å². The van der Waals surface area contributed by atoms with Crippen molar-refractivity contribution in [1.29, 1.82) is 0 Å². The van der Waals surface area contributed by atoms with Crippen LogP contribution in [0.25, 0.3) is 0 Å². The second kappa shape index (κ2) is 6.08. The van der Waals surface area contributed by atoms with Gasteiger partial charge in [0.05, 0.1) is 0 Å². The largest absolute Gasteiger partial charge is 0.348 e. The monoisotopic (exact) mass is 295 g/mol. The van der Waals surface area contributed by atoms with Crippen molar-refractivity contribution in [2.24, 2.45) is 11.3 Å². The van der Waals surface area contributed by atoms with E-state index in [0.717, 1.165) is 6.42 Å². The summed E-state index contributed by atoms with van der Waals surface area (Å²) in [5, 5.41) is 11.0. The van der Waals surface area contributed by atoms with E-state index in [1.165, 1.54) is 19.3 Å². The Balaban J connectivity index is 2.07. The van der Waals surface area contributed by atoms with Gasteiger partial charge in [0.2, 0.25) is 0 Å². The summed E-state index contributed by atoms with van der Waals surface area (Å²) in [7, 11) is 0. The van der Waals surface area contributed by atoms with Gasteiger partial charge >= 0.3 is 0 Å². The first-order valence-corrected chi connectivity index (χ1v) is 7.56. The molecule has 1 aliphatic rings. The number of hydrogen-bond donors (Lipinski definition) is 1. The molecule has 1 aromatic heterocycles. The van der Waals surface area contributed by atoms with Crippen LogP contribution >= 0.6 is 11.6 Å². The number of halogens is 1. The van der Waals surface area contributed by atoms with E-state index in [9.17, 15) is 4.79 Å². The maximum atomic E-state index is 12.2. The van der Waals surface area contributed by atoms with Crippen LogP contribution in [0.15, 0.2) is 12.1 Å². The van der Waals surface area contributed by atoms with E-state index in [1.807, 2.05) is 0 Å². The van der Waals surface area contributed by atoms with E-state index in [1.54, 1.807) is 12.1 Å². The lowest BCUT2D eigenvalue weighted by Gasteiger charge is -2.40. The molecular formula is C15H22ClN3O. The number of hydrogen-bond acceptors (Lipinski definition) is 3. The number of carbonyl (C=O) groups is 1. The number of aromatic nitrogens is 2. The summed E-state index contributed by atoms with van der Waals surface area (Å²) in [6, 6.07) is 3.42. The summed E-state index contributed by atoms with van der Waals surface area (Å²) >= 11 is 5.69. The van der Waals surface area contributed by atoms with Crippen LogP contribution in [0.2, 0.25) is 5.15 Å². The Labute approximate surface area is 125 Å². The topological polar surface area (TPSA) is 54.9 Å². The molecule has 4 nitrogen and oxygen atoms in total. The molecule has 110 valence electrons. The van der Waals surface area contributed by atoms with Gasteiger partial charge in [0, 0.05) is 6.04 Å². The minimum Gasteiger partial charge on any atom is -0.348 e. The third kappa shape index (κ3) is 3.69. The molecule has 20 heavy (non-hydrogen) atoms. The molecule has 1 aromatic rings.